The van der Waals surface area contributed by atoms with Crippen LogP contribution in [0.25, 0.3) is 0 Å². The van der Waals surface area contributed by atoms with Crippen LogP contribution in [0.2, 0.25) is 0 Å². The first kappa shape index (κ1) is 13.3. The molecule has 0 unspecified atom stereocenters. The Morgan fingerprint density at radius 3 is 2.59 bits per heavy atom. The maximum Gasteiger partial charge on any atom is 0.195 e. The molecule has 0 atom stereocenters. The molecule has 0 aliphatic heterocycles. The molecule has 0 saturated carbocycles. The Labute approximate surface area is 101 Å². The lowest BCUT2D eigenvalue weighted by Gasteiger charge is -2.03. The number of nitriles is 1. The topological polar surface area (TPSA) is 67.2 Å². The Bertz CT molecular complexity index is 527. The molecule has 0 heterocycles. The average Bonchev–Trinajstić information content (AvgIpc) is 2.30. The van der Waals surface area contributed by atoms with Crippen molar-refractivity contribution in [2.45, 2.75) is 12.7 Å². The van der Waals surface area contributed by atoms with Crippen LogP contribution < -0.4 is 0 Å². The van der Waals surface area contributed by atoms with Gasteiger partial charge in [-0.15, -0.1) is 0 Å². The number of hydrogen-bond acceptors (Lipinski definition) is 4. The van der Waals surface area contributed by atoms with Gasteiger partial charge in [0.25, 0.3) is 0 Å². The number of nitrogens with zero attached hydrogens (tertiary/aromatic N) is 1. The maximum atomic E-state index is 11.9. The second-order valence-electron chi connectivity index (χ2n) is 3.29. The van der Waals surface area contributed by atoms with Gasteiger partial charge in [-0.1, -0.05) is 30.3 Å². The van der Waals surface area contributed by atoms with E-state index in [1.54, 1.807) is 43.3 Å². The summed E-state index contributed by atoms with van der Waals surface area (Å²) in [5.41, 5.74) is 0.644. The van der Waals surface area contributed by atoms with Gasteiger partial charge in [0.1, 0.15) is 12.3 Å². The lowest BCUT2D eigenvalue weighted by atomic mass is 10.2. The second kappa shape index (κ2) is 6.06. The van der Waals surface area contributed by atoms with Crippen molar-refractivity contribution in [2.75, 3.05) is 6.61 Å². The number of benzene rings is 1. The molecular formula is C12H13NO3S. The first-order chi connectivity index (χ1) is 8.10. The minimum atomic E-state index is -3.62. The molecular weight excluding hydrogens is 238 g/mol. The Hall–Kier alpha value is -1.80. The predicted molar refractivity (Wildman–Crippen MR) is 64.4 cm³/mol. The van der Waals surface area contributed by atoms with E-state index in [-0.39, 0.29) is 10.7 Å². The van der Waals surface area contributed by atoms with Gasteiger partial charge in [0.2, 0.25) is 0 Å². The number of ether oxygens (including phenoxy) is 1. The highest BCUT2D eigenvalue weighted by molar-refractivity contribution is 7.94. The van der Waals surface area contributed by atoms with Crippen LogP contribution >= 0.6 is 0 Å². The molecule has 5 heteroatoms. The highest BCUT2D eigenvalue weighted by atomic mass is 32.2. The zero-order chi connectivity index (χ0) is 12.7. The van der Waals surface area contributed by atoms with Crippen molar-refractivity contribution >= 4 is 9.84 Å². The molecule has 1 aromatic rings. The monoisotopic (exact) mass is 251 g/mol. The van der Waals surface area contributed by atoms with Gasteiger partial charge in [-0.05, 0) is 12.5 Å². The fraction of sp³-hybridized carbons (Fsp3) is 0.250. The van der Waals surface area contributed by atoms with Gasteiger partial charge in [0, 0.05) is 0 Å². The largest absolute Gasteiger partial charge is 0.499 e. The van der Waals surface area contributed by atoms with Crippen LogP contribution in [-0.2, 0) is 20.3 Å². The fourth-order valence-corrected chi connectivity index (χ4v) is 2.34. The molecule has 4 nitrogen and oxygen atoms in total. The van der Waals surface area contributed by atoms with Crippen molar-refractivity contribution in [1.82, 2.24) is 0 Å². The highest BCUT2D eigenvalue weighted by Crippen LogP contribution is 2.13. The van der Waals surface area contributed by atoms with Gasteiger partial charge in [-0.3, -0.25) is 0 Å². The molecule has 0 aliphatic carbocycles. The van der Waals surface area contributed by atoms with E-state index in [9.17, 15) is 8.42 Å². The van der Waals surface area contributed by atoms with Crippen molar-refractivity contribution in [1.29, 1.82) is 5.26 Å². The number of hydrogen-bond donors (Lipinski definition) is 0. The van der Waals surface area contributed by atoms with Crippen molar-refractivity contribution < 1.29 is 13.2 Å². The minimum Gasteiger partial charge on any atom is -0.499 e. The molecule has 0 saturated heterocycles. The Morgan fingerprint density at radius 2 is 2.06 bits per heavy atom. The zero-order valence-corrected chi connectivity index (χ0v) is 10.3. The summed E-state index contributed by atoms with van der Waals surface area (Å²) in [5, 5.41) is 8.79. The predicted octanol–water partition coefficient (Wildman–Crippen LogP) is 2.00. The fourth-order valence-electron chi connectivity index (χ4n) is 1.20. The van der Waals surface area contributed by atoms with Gasteiger partial charge in [-0.25, -0.2) is 8.42 Å². The van der Waals surface area contributed by atoms with Crippen molar-refractivity contribution in [3.8, 4) is 6.07 Å². The quantitative estimate of drug-likeness (QED) is 0.593. The zero-order valence-electron chi connectivity index (χ0n) is 9.46. The van der Waals surface area contributed by atoms with Crippen LogP contribution in [0.5, 0.6) is 0 Å². The van der Waals surface area contributed by atoms with Gasteiger partial charge in [-0.2, -0.15) is 5.26 Å². The molecule has 0 fully saturated rings. The van der Waals surface area contributed by atoms with Crippen LogP contribution in [0.4, 0.5) is 0 Å². The summed E-state index contributed by atoms with van der Waals surface area (Å²) in [4.78, 5) is -0.344. The first-order valence-corrected chi connectivity index (χ1v) is 6.74. The number of allylic oxidation sites excluding steroid dienone is 1. The van der Waals surface area contributed by atoms with E-state index in [0.717, 1.165) is 6.26 Å². The summed E-state index contributed by atoms with van der Waals surface area (Å²) in [5.74, 6) is -0.194. The van der Waals surface area contributed by atoms with Gasteiger partial charge >= 0.3 is 0 Å². The van der Waals surface area contributed by atoms with Crippen LogP contribution in [0.15, 0.2) is 41.5 Å². The molecule has 0 N–H and O–H groups in total. The van der Waals surface area contributed by atoms with Gasteiger partial charge in [0.05, 0.1) is 12.4 Å². The molecule has 1 aromatic carbocycles. The molecule has 0 aromatic heterocycles. The third kappa shape index (κ3) is 3.93. The number of sulfone groups is 1. The van der Waals surface area contributed by atoms with Crippen molar-refractivity contribution in [3.05, 3.63) is 47.1 Å². The van der Waals surface area contributed by atoms with Crippen LogP contribution in [0.1, 0.15) is 12.5 Å². The Balaban J connectivity index is 2.92. The molecule has 90 valence electrons. The van der Waals surface area contributed by atoms with E-state index in [1.165, 1.54) is 0 Å². The van der Waals surface area contributed by atoms with E-state index >= 15 is 0 Å². The van der Waals surface area contributed by atoms with E-state index in [1.807, 2.05) is 0 Å². The van der Waals surface area contributed by atoms with E-state index < -0.39 is 9.84 Å². The van der Waals surface area contributed by atoms with E-state index in [2.05, 4.69) is 0 Å². The summed E-state index contributed by atoms with van der Waals surface area (Å²) in [6, 6.07) is 10.4. The summed E-state index contributed by atoms with van der Waals surface area (Å²) >= 11 is 0. The minimum absolute atomic E-state index is 0.194. The van der Waals surface area contributed by atoms with E-state index in [0.29, 0.717) is 12.2 Å². The summed E-state index contributed by atoms with van der Waals surface area (Å²) < 4.78 is 28.6. The molecule has 0 amide bonds. The standard InChI is InChI=1S/C12H13NO3S/c1-2-16-9-12(8-13)17(14,15)10-11-6-4-3-5-7-11/h3-7,9H,2,10H2,1H3/b12-9+. The third-order valence-electron chi connectivity index (χ3n) is 2.00. The SMILES string of the molecule is CCO/C=C(\C#N)S(=O)(=O)Cc1ccccc1. The molecule has 1 rings (SSSR count). The summed E-state index contributed by atoms with van der Waals surface area (Å²) in [6.07, 6.45) is 0.998. The van der Waals surface area contributed by atoms with Crippen LogP contribution in [0.3, 0.4) is 0 Å². The van der Waals surface area contributed by atoms with Gasteiger partial charge < -0.3 is 4.74 Å². The van der Waals surface area contributed by atoms with Crippen molar-refractivity contribution in [2.24, 2.45) is 0 Å². The molecule has 0 bridgehead atoms. The summed E-state index contributed by atoms with van der Waals surface area (Å²) in [6.45, 7) is 2.04. The second-order valence-corrected chi connectivity index (χ2v) is 5.25. The summed E-state index contributed by atoms with van der Waals surface area (Å²) in [7, 11) is -3.62. The lowest BCUT2D eigenvalue weighted by Crippen LogP contribution is -2.07. The first-order valence-electron chi connectivity index (χ1n) is 5.08. The van der Waals surface area contributed by atoms with Crippen molar-refractivity contribution in [3.63, 3.8) is 0 Å². The van der Waals surface area contributed by atoms with E-state index in [4.69, 9.17) is 10.00 Å². The molecule has 17 heavy (non-hydrogen) atoms. The van der Waals surface area contributed by atoms with Gasteiger partial charge in [0.15, 0.2) is 14.7 Å². The van der Waals surface area contributed by atoms with Crippen LogP contribution in [0, 0.1) is 11.3 Å². The Kier molecular flexibility index (Phi) is 4.73. The highest BCUT2D eigenvalue weighted by Gasteiger charge is 2.18. The lowest BCUT2D eigenvalue weighted by molar-refractivity contribution is 0.268. The Morgan fingerprint density at radius 1 is 1.41 bits per heavy atom. The molecule has 0 radical (unpaired) electrons. The third-order valence-corrected chi connectivity index (χ3v) is 3.57. The normalized spacial score (nSPS) is 11.9. The maximum absolute atomic E-state index is 11.9. The number of rotatable bonds is 5. The smallest absolute Gasteiger partial charge is 0.195 e. The molecule has 0 aliphatic rings. The molecule has 0 spiro atoms. The average molecular weight is 251 g/mol. The van der Waals surface area contributed by atoms with Crippen LogP contribution in [-0.4, -0.2) is 15.0 Å².